The van der Waals surface area contributed by atoms with Gasteiger partial charge in [0.25, 0.3) is 0 Å². The quantitative estimate of drug-likeness (QED) is 0.209. The lowest BCUT2D eigenvalue weighted by Gasteiger charge is -2.12. The van der Waals surface area contributed by atoms with Gasteiger partial charge in [-0.1, -0.05) is 115 Å². The van der Waals surface area contributed by atoms with E-state index in [9.17, 15) is 0 Å². The van der Waals surface area contributed by atoms with Gasteiger partial charge in [-0.25, -0.2) is 9.97 Å². The highest BCUT2D eigenvalue weighted by atomic mass is 32.1. The van der Waals surface area contributed by atoms with Crippen LogP contribution in [0.15, 0.2) is 127 Å². The van der Waals surface area contributed by atoms with Crippen molar-refractivity contribution in [3.8, 4) is 17.2 Å². The van der Waals surface area contributed by atoms with E-state index in [0.717, 1.165) is 27.7 Å². The number of benzene rings is 6. The normalized spacial score (nSPS) is 12.0. The summed E-state index contributed by atoms with van der Waals surface area (Å²) < 4.78 is 4.87. The number of thiophene rings is 1. The first-order chi connectivity index (χ1) is 19.9. The summed E-state index contributed by atoms with van der Waals surface area (Å²) in [6.45, 7) is 0. The third-order valence-electron chi connectivity index (χ3n) is 7.99. The van der Waals surface area contributed by atoms with Crippen molar-refractivity contribution in [2.45, 2.75) is 0 Å². The number of hydrogen-bond acceptors (Lipinski definition) is 3. The molecule has 0 aliphatic carbocycles. The van der Waals surface area contributed by atoms with E-state index < -0.39 is 0 Å². The molecule has 3 heterocycles. The van der Waals surface area contributed by atoms with Crippen molar-refractivity contribution >= 4 is 75.0 Å². The molecule has 6 aromatic carbocycles. The minimum absolute atomic E-state index is 0.695. The Bertz CT molecular complexity index is 2430. The molecule has 0 atom stereocenters. The fraction of sp³-hybridized carbons (Fsp3) is 0. The molecule has 0 bridgehead atoms. The highest BCUT2D eigenvalue weighted by Gasteiger charge is 2.23. The molecule has 3 nitrogen and oxygen atoms in total. The van der Waals surface area contributed by atoms with Crippen molar-refractivity contribution in [3.05, 3.63) is 127 Å². The van der Waals surface area contributed by atoms with Gasteiger partial charge in [0.2, 0.25) is 5.95 Å². The molecule has 3 aromatic heterocycles. The van der Waals surface area contributed by atoms with Gasteiger partial charge in [0.05, 0.1) is 26.9 Å². The van der Waals surface area contributed by atoms with Gasteiger partial charge in [-0.15, -0.1) is 11.3 Å². The molecule has 9 rings (SSSR count). The molecule has 4 heteroatoms. The number of aromatic nitrogens is 3. The van der Waals surface area contributed by atoms with Gasteiger partial charge in [-0.2, -0.15) is 0 Å². The SMILES string of the molecule is c1ccc(-c2nc(-n3c4ccccc4c4sc5c6ccccc6c6ccccc6c5c43)nc3ccccc23)cc1. The monoisotopic (exact) mass is 527 g/mol. The van der Waals surface area contributed by atoms with Gasteiger partial charge in [-0.3, -0.25) is 4.57 Å². The summed E-state index contributed by atoms with van der Waals surface area (Å²) >= 11 is 1.88. The van der Waals surface area contributed by atoms with E-state index in [1.54, 1.807) is 0 Å². The molecule has 0 radical (unpaired) electrons. The van der Waals surface area contributed by atoms with Gasteiger partial charge >= 0.3 is 0 Å². The van der Waals surface area contributed by atoms with Crippen molar-refractivity contribution in [1.82, 2.24) is 14.5 Å². The first-order valence-corrected chi connectivity index (χ1v) is 14.3. The van der Waals surface area contributed by atoms with Gasteiger partial charge in [-0.05, 0) is 28.3 Å². The number of rotatable bonds is 2. The van der Waals surface area contributed by atoms with E-state index in [4.69, 9.17) is 9.97 Å². The summed E-state index contributed by atoms with van der Waals surface area (Å²) in [5.74, 6) is 0.695. The Kier molecular flexibility index (Phi) is 4.48. The van der Waals surface area contributed by atoms with E-state index >= 15 is 0 Å². The Morgan fingerprint density at radius 3 is 1.88 bits per heavy atom. The van der Waals surface area contributed by atoms with Crippen LogP contribution in [0.3, 0.4) is 0 Å². The van der Waals surface area contributed by atoms with E-state index in [1.807, 2.05) is 17.4 Å². The van der Waals surface area contributed by atoms with Crippen LogP contribution in [0, 0.1) is 0 Å². The second-order valence-corrected chi connectivity index (χ2v) is 11.2. The third kappa shape index (κ3) is 2.94. The molecule has 0 unspecified atom stereocenters. The second-order valence-electron chi connectivity index (χ2n) is 10.2. The molecule has 0 fully saturated rings. The minimum atomic E-state index is 0.695. The molecule has 0 aliphatic heterocycles. The summed E-state index contributed by atoms with van der Waals surface area (Å²) in [5, 5.41) is 8.66. The van der Waals surface area contributed by atoms with Crippen LogP contribution in [0.4, 0.5) is 0 Å². The fourth-order valence-electron chi connectivity index (χ4n) is 6.28. The zero-order chi connectivity index (χ0) is 26.2. The maximum atomic E-state index is 5.30. The lowest BCUT2D eigenvalue weighted by molar-refractivity contribution is 1.02. The topological polar surface area (TPSA) is 30.7 Å². The Morgan fingerprint density at radius 2 is 1.07 bits per heavy atom. The zero-order valence-electron chi connectivity index (χ0n) is 21.4. The summed E-state index contributed by atoms with van der Waals surface area (Å²) in [7, 11) is 0. The van der Waals surface area contributed by atoms with Crippen LogP contribution in [-0.4, -0.2) is 14.5 Å². The lowest BCUT2D eigenvalue weighted by atomic mass is 9.98. The smallest absolute Gasteiger partial charge is 0.235 e. The Morgan fingerprint density at radius 1 is 0.475 bits per heavy atom. The van der Waals surface area contributed by atoms with Crippen molar-refractivity contribution < 1.29 is 0 Å². The number of fused-ring (bicyclic) bond motifs is 11. The van der Waals surface area contributed by atoms with Gasteiger partial charge in [0, 0.05) is 31.8 Å². The molecule has 186 valence electrons. The highest BCUT2D eigenvalue weighted by Crippen LogP contribution is 2.48. The predicted molar refractivity (Wildman–Crippen MR) is 170 cm³/mol. The molecular formula is C36H21N3S. The van der Waals surface area contributed by atoms with Crippen LogP contribution in [0.2, 0.25) is 0 Å². The largest absolute Gasteiger partial charge is 0.276 e. The number of para-hydroxylation sites is 2. The maximum Gasteiger partial charge on any atom is 0.235 e. The van der Waals surface area contributed by atoms with Gasteiger partial charge in [0.1, 0.15) is 0 Å². The molecule has 0 saturated carbocycles. The summed E-state index contributed by atoms with van der Waals surface area (Å²) in [4.78, 5) is 10.5. The van der Waals surface area contributed by atoms with E-state index in [2.05, 4.69) is 126 Å². The molecule has 0 spiro atoms. The van der Waals surface area contributed by atoms with Crippen molar-refractivity contribution in [2.75, 3.05) is 0 Å². The Hall–Kier alpha value is -5.06. The molecular weight excluding hydrogens is 506 g/mol. The van der Waals surface area contributed by atoms with Crippen molar-refractivity contribution in [1.29, 1.82) is 0 Å². The first kappa shape index (κ1) is 21.8. The van der Waals surface area contributed by atoms with Crippen LogP contribution < -0.4 is 0 Å². The molecule has 40 heavy (non-hydrogen) atoms. The molecule has 0 saturated heterocycles. The minimum Gasteiger partial charge on any atom is -0.276 e. The second kappa shape index (κ2) is 8.22. The average molecular weight is 528 g/mol. The van der Waals surface area contributed by atoms with Crippen LogP contribution in [-0.2, 0) is 0 Å². The highest BCUT2D eigenvalue weighted by molar-refractivity contribution is 7.27. The first-order valence-electron chi connectivity index (χ1n) is 13.4. The lowest BCUT2D eigenvalue weighted by Crippen LogP contribution is -2.03. The summed E-state index contributed by atoms with van der Waals surface area (Å²) in [6.07, 6.45) is 0. The van der Waals surface area contributed by atoms with Crippen LogP contribution in [0.1, 0.15) is 0 Å². The maximum absolute atomic E-state index is 5.30. The predicted octanol–water partition coefficient (Wildman–Crippen LogP) is 9.91. The van der Waals surface area contributed by atoms with Crippen LogP contribution in [0.5, 0.6) is 0 Å². The third-order valence-corrected chi connectivity index (χ3v) is 9.24. The molecule has 0 amide bonds. The van der Waals surface area contributed by atoms with Crippen molar-refractivity contribution in [2.24, 2.45) is 0 Å². The molecule has 9 aromatic rings. The Labute approximate surface area is 233 Å². The van der Waals surface area contributed by atoms with Crippen LogP contribution in [0.25, 0.3) is 80.9 Å². The zero-order valence-corrected chi connectivity index (χ0v) is 22.2. The van der Waals surface area contributed by atoms with Crippen molar-refractivity contribution in [3.63, 3.8) is 0 Å². The van der Waals surface area contributed by atoms with E-state index in [1.165, 1.54) is 47.2 Å². The summed E-state index contributed by atoms with van der Waals surface area (Å²) in [5.41, 5.74) is 5.27. The van der Waals surface area contributed by atoms with Gasteiger partial charge < -0.3 is 0 Å². The van der Waals surface area contributed by atoms with E-state index in [-0.39, 0.29) is 0 Å². The number of hydrogen-bond donors (Lipinski definition) is 0. The number of nitrogens with zero attached hydrogens (tertiary/aromatic N) is 3. The van der Waals surface area contributed by atoms with E-state index in [0.29, 0.717) is 5.95 Å². The standard InChI is InChI=1S/C36H21N3S/c1-2-12-22(13-3-1)32-27-18-8-10-20-29(27)37-36(38-32)39-30-21-11-9-19-28(30)35-33(39)31-25-16-6-4-14-23(25)24-15-5-7-17-26(24)34(31)40-35/h1-21H. The Balaban J connectivity index is 1.52. The molecule has 0 aliphatic rings. The summed E-state index contributed by atoms with van der Waals surface area (Å²) in [6, 6.07) is 45.0. The fourth-order valence-corrected chi connectivity index (χ4v) is 7.65. The van der Waals surface area contributed by atoms with Gasteiger partial charge in [0.15, 0.2) is 0 Å². The van der Waals surface area contributed by atoms with Crippen LogP contribution >= 0.6 is 11.3 Å². The average Bonchev–Trinajstić information content (AvgIpc) is 3.56. The molecule has 0 N–H and O–H groups in total.